The van der Waals surface area contributed by atoms with Crippen LogP contribution in [0.1, 0.15) is 33.2 Å². The number of aromatic carboxylic acids is 1. The summed E-state index contributed by atoms with van der Waals surface area (Å²) in [7, 11) is 0. The van der Waals surface area contributed by atoms with E-state index in [0.717, 1.165) is 0 Å². The lowest BCUT2D eigenvalue weighted by Crippen LogP contribution is -2.13. The maximum Gasteiger partial charge on any atom is 0.338 e. The van der Waals surface area contributed by atoms with Gasteiger partial charge in [0, 0.05) is 6.42 Å². The first-order valence-electron chi connectivity index (χ1n) is 5.60. The van der Waals surface area contributed by atoms with Crippen LogP contribution in [0.2, 0.25) is 0 Å². The molecule has 0 amide bonds. The van der Waals surface area contributed by atoms with Crippen molar-refractivity contribution in [2.24, 2.45) is 0 Å². The zero-order valence-corrected chi connectivity index (χ0v) is 11.1. The fourth-order valence-corrected chi connectivity index (χ4v) is 1.63. The number of ketones is 1. The molecule has 0 aliphatic rings. The van der Waals surface area contributed by atoms with Gasteiger partial charge >= 0.3 is 11.9 Å². The molecule has 5 nitrogen and oxygen atoms in total. The summed E-state index contributed by atoms with van der Waals surface area (Å²) in [5, 5.41) is 9.08. The second-order valence-corrected chi connectivity index (χ2v) is 4.02. The Morgan fingerprint density at radius 3 is 2.47 bits per heavy atom. The van der Waals surface area contributed by atoms with E-state index in [1.165, 1.54) is 18.2 Å². The van der Waals surface area contributed by atoms with Crippen LogP contribution in [-0.2, 0) is 16.0 Å². The standard InChI is InChI=1S/C13H13ClO5/c1-2-19-13(18)10-4-3-8(5-9(15)7-14)6-11(10)12(16)17/h3-4,6H,2,5,7H2,1H3,(H,16,17). The van der Waals surface area contributed by atoms with Crippen molar-refractivity contribution in [3.8, 4) is 0 Å². The Bertz CT molecular complexity index is 510. The minimum atomic E-state index is -1.25. The number of rotatable bonds is 6. The molecule has 0 atom stereocenters. The molecule has 1 aromatic rings. The molecule has 0 bridgehead atoms. The monoisotopic (exact) mass is 284 g/mol. The summed E-state index contributed by atoms with van der Waals surface area (Å²) in [6.45, 7) is 1.79. The highest BCUT2D eigenvalue weighted by Gasteiger charge is 2.18. The molecular weight excluding hydrogens is 272 g/mol. The fraction of sp³-hybridized carbons (Fsp3) is 0.308. The third-order valence-electron chi connectivity index (χ3n) is 2.36. The van der Waals surface area contributed by atoms with Crippen LogP contribution in [0.15, 0.2) is 18.2 Å². The molecule has 1 rings (SSSR count). The largest absolute Gasteiger partial charge is 0.478 e. The highest BCUT2D eigenvalue weighted by molar-refractivity contribution is 6.27. The van der Waals surface area contributed by atoms with E-state index in [4.69, 9.17) is 21.4 Å². The Hall–Kier alpha value is -1.88. The van der Waals surface area contributed by atoms with Gasteiger partial charge in [0.2, 0.25) is 0 Å². The van der Waals surface area contributed by atoms with Crippen molar-refractivity contribution >= 4 is 29.3 Å². The van der Waals surface area contributed by atoms with Crippen LogP contribution >= 0.6 is 11.6 Å². The van der Waals surface area contributed by atoms with Gasteiger partial charge in [-0.1, -0.05) is 6.07 Å². The number of benzene rings is 1. The second kappa shape index (κ2) is 6.89. The molecule has 0 spiro atoms. The molecule has 6 heteroatoms. The van der Waals surface area contributed by atoms with Crippen molar-refractivity contribution in [2.75, 3.05) is 12.5 Å². The number of hydrogen-bond acceptors (Lipinski definition) is 4. The number of Topliss-reactive ketones (excluding diaryl/α,β-unsaturated/α-hetero) is 1. The molecule has 0 saturated heterocycles. The lowest BCUT2D eigenvalue weighted by atomic mass is 10.0. The minimum Gasteiger partial charge on any atom is -0.478 e. The highest BCUT2D eigenvalue weighted by Crippen LogP contribution is 2.15. The number of esters is 1. The lowest BCUT2D eigenvalue weighted by Gasteiger charge is -2.07. The summed E-state index contributed by atoms with van der Waals surface area (Å²) in [6, 6.07) is 4.15. The van der Waals surface area contributed by atoms with Crippen LogP contribution < -0.4 is 0 Å². The van der Waals surface area contributed by atoms with Crippen LogP contribution in [0.4, 0.5) is 0 Å². The van der Waals surface area contributed by atoms with E-state index in [1.54, 1.807) is 6.92 Å². The van der Waals surface area contributed by atoms with E-state index in [1.807, 2.05) is 0 Å². The average molecular weight is 285 g/mol. The average Bonchev–Trinajstić information content (AvgIpc) is 2.38. The maximum absolute atomic E-state index is 11.6. The molecule has 19 heavy (non-hydrogen) atoms. The third kappa shape index (κ3) is 4.06. The van der Waals surface area contributed by atoms with Gasteiger partial charge in [-0.25, -0.2) is 9.59 Å². The predicted octanol–water partition coefficient (Wildman–Crippen LogP) is 1.91. The SMILES string of the molecule is CCOC(=O)c1ccc(CC(=O)CCl)cc1C(=O)O. The number of carboxylic acids is 1. The summed E-state index contributed by atoms with van der Waals surface area (Å²) < 4.78 is 4.77. The van der Waals surface area contributed by atoms with Crippen molar-refractivity contribution in [2.45, 2.75) is 13.3 Å². The maximum atomic E-state index is 11.6. The highest BCUT2D eigenvalue weighted by atomic mass is 35.5. The van der Waals surface area contributed by atoms with Gasteiger partial charge in [0.25, 0.3) is 0 Å². The van der Waals surface area contributed by atoms with Crippen molar-refractivity contribution in [1.82, 2.24) is 0 Å². The van der Waals surface area contributed by atoms with E-state index in [0.29, 0.717) is 5.56 Å². The van der Waals surface area contributed by atoms with Gasteiger partial charge in [-0.05, 0) is 24.6 Å². The fourth-order valence-electron chi connectivity index (χ4n) is 1.54. The number of carbonyl (C=O) groups excluding carboxylic acids is 2. The predicted molar refractivity (Wildman–Crippen MR) is 68.8 cm³/mol. The van der Waals surface area contributed by atoms with E-state index in [2.05, 4.69) is 0 Å². The number of carboxylic acid groups (broad SMARTS) is 1. The number of halogens is 1. The first-order valence-corrected chi connectivity index (χ1v) is 6.14. The van der Waals surface area contributed by atoms with Crippen molar-refractivity contribution < 1.29 is 24.2 Å². The van der Waals surface area contributed by atoms with Gasteiger partial charge in [0.15, 0.2) is 5.78 Å². The van der Waals surface area contributed by atoms with E-state index in [-0.39, 0.29) is 35.8 Å². The third-order valence-corrected chi connectivity index (χ3v) is 2.66. The topological polar surface area (TPSA) is 80.7 Å². The smallest absolute Gasteiger partial charge is 0.338 e. The zero-order valence-electron chi connectivity index (χ0n) is 10.3. The summed E-state index contributed by atoms with van der Waals surface area (Å²) in [5.41, 5.74) is 0.283. The van der Waals surface area contributed by atoms with Crippen LogP contribution in [0.25, 0.3) is 0 Å². The lowest BCUT2D eigenvalue weighted by molar-refractivity contribution is -0.116. The summed E-state index contributed by atoms with van der Waals surface area (Å²) in [5.74, 6) is -2.30. The molecular formula is C13H13ClO5. The normalized spacial score (nSPS) is 10.0. The Balaban J connectivity index is 3.11. The Kier molecular flexibility index (Phi) is 5.51. The number of hydrogen-bond donors (Lipinski definition) is 1. The van der Waals surface area contributed by atoms with E-state index >= 15 is 0 Å². The molecule has 0 unspecified atom stereocenters. The molecule has 102 valence electrons. The van der Waals surface area contributed by atoms with E-state index in [9.17, 15) is 14.4 Å². The number of ether oxygens (including phenoxy) is 1. The van der Waals surface area contributed by atoms with Crippen LogP contribution in [0.3, 0.4) is 0 Å². The van der Waals surface area contributed by atoms with Gasteiger partial charge in [0.1, 0.15) is 0 Å². The molecule has 0 aliphatic heterocycles. The summed E-state index contributed by atoms with van der Waals surface area (Å²) in [6.07, 6.45) is 0.0346. The van der Waals surface area contributed by atoms with Crippen LogP contribution in [0.5, 0.6) is 0 Å². The molecule has 0 radical (unpaired) electrons. The van der Waals surface area contributed by atoms with Crippen molar-refractivity contribution in [3.63, 3.8) is 0 Å². The number of carbonyl (C=O) groups is 3. The minimum absolute atomic E-state index is 0.0311. The van der Waals surface area contributed by atoms with Crippen LogP contribution in [0, 0.1) is 0 Å². The van der Waals surface area contributed by atoms with Gasteiger partial charge in [-0.15, -0.1) is 11.6 Å². The molecule has 0 fully saturated rings. The Labute approximate surface area is 115 Å². The molecule has 1 N–H and O–H groups in total. The Morgan fingerprint density at radius 2 is 1.95 bits per heavy atom. The van der Waals surface area contributed by atoms with Crippen molar-refractivity contribution in [1.29, 1.82) is 0 Å². The first kappa shape index (κ1) is 15.2. The first-order chi connectivity index (χ1) is 8.99. The second-order valence-electron chi connectivity index (χ2n) is 3.75. The van der Waals surface area contributed by atoms with Crippen LogP contribution in [-0.4, -0.2) is 35.3 Å². The molecule has 0 aliphatic carbocycles. The summed E-state index contributed by atoms with van der Waals surface area (Å²) >= 11 is 5.39. The zero-order chi connectivity index (χ0) is 14.4. The molecule has 0 heterocycles. The van der Waals surface area contributed by atoms with E-state index < -0.39 is 11.9 Å². The van der Waals surface area contributed by atoms with Crippen molar-refractivity contribution in [3.05, 3.63) is 34.9 Å². The van der Waals surface area contributed by atoms with Gasteiger partial charge < -0.3 is 9.84 Å². The van der Waals surface area contributed by atoms with Gasteiger partial charge in [-0.2, -0.15) is 0 Å². The molecule has 0 saturated carbocycles. The molecule has 1 aromatic carbocycles. The van der Waals surface area contributed by atoms with Gasteiger partial charge in [0.05, 0.1) is 23.6 Å². The quantitative estimate of drug-likeness (QED) is 0.637. The summed E-state index contributed by atoms with van der Waals surface area (Å²) in [4.78, 5) is 33.9. The Morgan fingerprint density at radius 1 is 1.26 bits per heavy atom. The molecule has 0 aromatic heterocycles. The number of alkyl halides is 1. The van der Waals surface area contributed by atoms with Gasteiger partial charge in [-0.3, -0.25) is 4.79 Å².